The van der Waals surface area contributed by atoms with Crippen LogP contribution >= 0.6 is 12.4 Å². The summed E-state index contributed by atoms with van der Waals surface area (Å²) in [6, 6.07) is 5.62. The molecule has 2 fully saturated rings. The quantitative estimate of drug-likeness (QED) is 0.775. The molecule has 1 aromatic rings. The SMILES string of the molecule is Cc1cc(C(=O)N2CCCC(C)C2)ccc1NC(=O)CCC1CCNCC1.Cl. The predicted molar refractivity (Wildman–Crippen MR) is 116 cm³/mol. The molecule has 156 valence electrons. The molecule has 0 aliphatic carbocycles. The normalized spacial score (nSPS) is 20.4. The molecule has 2 saturated heterocycles. The van der Waals surface area contributed by atoms with Crippen LogP contribution in [0.15, 0.2) is 18.2 Å². The van der Waals surface area contributed by atoms with Gasteiger partial charge >= 0.3 is 0 Å². The Morgan fingerprint density at radius 1 is 1.21 bits per heavy atom. The Morgan fingerprint density at radius 3 is 2.64 bits per heavy atom. The van der Waals surface area contributed by atoms with E-state index in [0.717, 1.165) is 63.1 Å². The summed E-state index contributed by atoms with van der Waals surface area (Å²) in [4.78, 5) is 27.0. The first-order valence-electron chi connectivity index (χ1n) is 10.4. The van der Waals surface area contributed by atoms with Gasteiger partial charge in [0, 0.05) is 30.8 Å². The summed E-state index contributed by atoms with van der Waals surface area (Å²) in [5, 5.41) is 6.38. The smallest absolute Gasteiger partial charge is 0.253 e. The van der Waals surface area contributed by atoms with Crippen molar-refractivity contribution in [2.24, 2.45) is 11.8 Å². The van der Waals surface area contributed by atoms with Crippen LogP contribution in [-0.2, 0) is 4.79 Å². The Labute approximate surface area is 175 Å². The molecule has 28 heavy (non-hydrogen) atoms. The van der Waals surface area contributed by atoms with E-state index in [0.29, 0.717) is 23.8 Å². The van der Waals surface area contributed by atoms with Gasteiger partial charge in [-0.25, -0.2) is 0 Å². The van der Waals surface area contributed by atoms with Crippen LogP contribution in [0, 0.1) is 18.8 Å². The Balaban J connectivity index is 0.00000280. The van der Waals surface area contributed by atoms with Gasteiger partial charge in [0.25, 0.3) is 5.91 Å². The van der Waals surface area contributed by atoms with E-state index in [-0.39, 0.29) is 24.2 Å². The third-order valence-corrected chi connectivity index (χ3v) is 5.93. The molecule has 6 heteroatoms. The van der Waals surface area contributed by atoms with Crippen molar-refractivity contribution >= 4 is 29.9 Å². The fourth-order valence-electron chi connectivity index (χ4n) is 4.21. The summed E-state index contributed by atoms with van der Waals surface area (Å²) < 4.78 is 0. The van der Waals surface area contributed by atoms with Gasteiger partial charge in [-0.15, -0.1) is 12.4 Å². The van der Waals surface area contributed by atoms with Crippen molar-refractivity contribution < 1.29 is 9.59 Å². The lowest BCUT2D eigenvalue weighted by molar-refractivity contribution is -0.116. The van der Waals surface area contributed by atoms with Crippen molar-refractivity contribution in [1.82, 2.24) is 10.2 Å². The molecule has 0 aromatic heterocycles. The van der Waals surface area contributed by atoms with Gasteiger partial charge in [-0.2, -0.15) is 0 Å². The number of nitrogens with zero attached hydrogens (tertiary/aromatic N) is 1. The second-order valence-corrected chi connectivity index (χ2v) is 8.31. The molecular weight excluding hydrogens is 374 g/mol. The fraction of sp³-hybridized carbons (Fsp3) is 0.636. The molecular formula is C22H34ClN3O2. The zero-order valence-corrected chi connectivity index (χ0v) is 17.9. The molecule has 0 spiro atoms. The number of hydrogen-bond acceptors (Lipinski definition) is 3. The number of benzene rings is 1. The number of likely N-dealkylation sites (tertiary alicyclic amines) is 1. The van der Waals surface area contributed by atoms with E-state index in [9.17, 15) is 9.59 Å². The van der Waals surface area contributed by atoms with E-state index in [2.05, 4.69) is 17.6 Å². The topological polar surface area (TPSA) is 61.4 Å². The van der Waals surface area contributed by atoms with Crippen LogP contribution in [0.1, 0.15) is 61.4 Å². The molecule has 0 saturated carbocycles. The molecule has 2 aliphatic rings. The monoisotopic (exact) mass is 407 g/mol. The van der Waals surface area contributed by atoms with Gasteiger partial charge in [0.1, 0.15) is 0 Å². The molecule has 1 atom stereocenters. The number of aryl methyl sites for hydroxylation is 1. The molecule has 0 radical (unpaired) electrons. The molecule has 3 rings (SSSR count). The first-order valence-corrected chi connectivity index (χ1v) is 10.4. The van der Waals surface area contributed by atoms with Crippen LogP contribution in [0.2, 0.25) is 0 Å². The summed E-state index contributed by atoms with van der Waals surface area (Å²) in [6.45, 7) is 7.98. The molecule has 2 N–H and O–H groups in total. The highest BCUT2D eigenvalue weighted by Crippen LogP contribution is 2.22. The minimum Gasteiger partial charge on any atom is -0.338 e. The van der Waals surface area contributed by atoms with E-state index >= 15 is 0 Å². The van der Waals surface area contributed by atoms with Crippen LogP contribution in [0.4, 0.5) is 5.69 Å². The number of amides is 2. The third kappa shape index (κ3) is 6.21. The largest absolute Gasteiger partial charge is 0.338 e. The van der Waals surface area contributed by atoms with Gasteiger partial charge in [-0.05, 0) is 87.7 Å². The van der Waals surface area contributed by atoms with Gasteiger partial charge in [0.05, 0.1) is 0 Å². The third-order valence-electron chi connectivity index (χ3n) is 5.93. The van der Waals surface area contributed by atoms with E-state index in [4.69, 9.17) is 0 Å². The van der Waals surface area contributed by atoms with E-state index in [1.165, 1.54) is 6.42 Å². The van der Waals surface area contributed by atoms with Crippen LogP contribution in [0.3, 0.4) is 0 Å². The molecule has 1 aromatic carbocycles. The van der Waals surface area contributed by atoms with Crippen molar-refractivity contribution in [3.63, 3.8) is 0 Å². The van der Waals surface area contributed by atoms with Gasteiger partial charge in [0.15, 0.2) is 0 Å². The minimum atomic E-state index is 0. The number of halogens is 1. The zero-order valence-electron chi connectivity index (χ0n) is 17.1. The Hall–Kier alpha value is -1.59. The van der Waals surface area contributed by atoms with Crippen molar-refractivity contribution in [3.8, 4) is 0 Å². The highest BCUT2D eigenvalue weighted by Gasteiger charge is 2.22. The summed E-state index contributed by atoms with van der Waals surface area (Å²) >= 11 is 0. The second-order valence-electron chi connectivity index (χ2n) is 8.31. The Bertz CT molecular complexity index is 674. The molecule has 5 nitrogen and oxygen atoms in total. The maximum Gasteiger partial charge on any atom is 0.253 e. The van der Waals surface area contributed by atoms with Crippen molar-refractivity contribution in [2.75, 3.05) is 31.5 Å². The minimum absolute atomic E-state index is 0. The molecule has 2 heterocycles. The average Bonchev–Trinajstić information content (AvgIpc) is 2.68. The van der Waals surface area contributed by atoms with E-state index in [1.807, 2.05) is 30.0 Å². The van der Waals surface area contributed by atoms with Crippen LogP contribution in [0.5, 0.6) is 0 Å². The molecule has 2 amide bonds. The van der Waals surface area contributed by atoms with Gasteiger partial charge < -0.3 is 15.5 Å². The number of hydrogen-bond donors (Lipinski definition) is 2. The summed E-state index contributed by atoms with van der Waals surface area (Å²) in [5.41, 5.74) is 2.48. The first-order chi connectivity index (χ1) is 13.0. The van der Waals surface area contributed by atoms with Gasteiger partial charge in [0.2, 0.25) is 5.91 Å². The van der Waals surface area contributed by atoms with Gasteiger partial charge in [-0.1, -0.05) is 6.92 Å². The van der Waals surface area contributed by atoms with E-state index < -0.39 is 0 Å². The average molecular weight is 408 g/mol. The fourth-order valence-corrected chi connectivity index (χ4v) is 4.21. The number of carbonyl (C=O) groups is 2. The Morgan fingerprint density at radius 2 is 1.96 bits per heavy atom. The highest BCUT2D eigenvalue weighted by molar-refractivity contribution is 5.96. The van der Waals surface area contributed by atoms with Crippen LogP contribution in [0.25, 0.3) is 0 Å². The summed E-state index contributed by atoms with van der Waals surface area (Å²) in [7, 11) is 0. The number of carbonyl (C=O) groups excluding carboxylic acids is 2. The number of anilines is 1. The number of rotatable bonds is 5. The lowest BCUT2D eigenvalue weighted by Crippen LogP contribution is -2.39. The maximum atomic E-state index is 12.7. The second kappa shape index (κ2) is 10.8. The highest BCUT2D eigenvalue weighted by atomic mass is 35.5. The number of piperidine rings is 2. The van der Waals surface area contributed by atoms with Gasteiger partial charge in [-0.3, -0.25) is 9.59 Å². The molecule has 0 bridgehead atoms. The lowest BCUT2D eigenvalue weighted by Gasteiger charge is -2.31. The maximum absolute atomic E-state index is 12.7. The Kier molecular flexibility index (Phi) is 8.77. The molecule has 1 unspecified atom stereocenters. The predicted octanol–water partition coefficient (Wildman–Crippen LogP) is 4.01. The lowest BCUT2D eigenvalue weighted by atomic mass is 9.93. The summed E-state index contributed by atoms with van der Waals surface area (Å²) in [5.74, 6) is 1.40. The first kappa shape index (κ1) is 22.7. The van der Waals surface area contributed by atoms with Crippen LogP contribution < -0.4 is 10.6 Å². The standard InChI is InChI=1S/C22H33N3O2.ClH/c1-16-4-3-13-25(15-16)22(27)19-6-7-20(17(2)14-19)24-21(26)8-5-18-9-11-23-12-10-18;/h6-7,14,16,18,23H,3-5,8-13,15H2,1-2H3,(H,24,26);1H. The summed E-state index contributed by atoms with van der Waals surface area (Å²) in [6.07, 6.45) is 6.13. The zero-order chi connectivity index (χ0) is 19.2. The van der Waals surface area contributed by atoms with Crippen molar-refractivity contribution in [2.45, 2.75) is 52.4 Å². The molecule has 2 aliphatic heterocycles. The van der Waals surface area contributed by atoms with Crippen molar-refractivity contribution in [3.05, 3.63) is 29.3 Å². The van der Waals surface area contributed by atoms with E-state index in [1.54, 1.807) is 0 Å². The number of nitrogens with one attached hydrogen (secondary N) is 2. The van der Waals surface area contributed by atoms with Crippen LogP contribution in [-0.4, -0.2) is 42.9 Å². The van der Waals surface area contributed by atoms with Crippen molar-refractivity contribution in [1.29, 1.82) is 0 Å².